The molecular weight excluding hydrogens is 354 g/mol. The number of rotatable bonds is 7. The molecule has 0 bridgehead atoms. The number of allylic oxidation sites excluding steroid dienone is 1. The van der Waals surface area contributed by atoms with E-state index >= 15 is 0 Å². The lowest BCUT2D eigenvalue weighted by atomic mass is 10.1. The number of carbonyl (C=O) groups is 3. The minimum Gasteiger partial charge on any atom is -0.329 e. The van der Waals surface area contributed by atoms with E-state index in [1.807, 2.05) is 31.2 Å². The maximum atomic E-state index is 12.3. The zero-order chi connectivity index (χ0) is 19.9. The Morgan fingerprint density at radius 3 is 2.57 bits per heavy atom. The van der Waals surface area contributed by atoms with Gasteiger partial charge in [0.15, 0.2) is 0 Å². The molecule has 0 aliphatic carbocycles. The summed E-state index contributed by atoms with van der Waals surface area (Å²) in [6, 6.07) is 16.9. The number of amides is 4. The fraction of sp³-hybridized carbons (Fsp3) is 0.227. The molecule has 0 saturated carbocycles. The van der Waals surface area contributed by atoms with Gasteiger partial charge in [0.05, 0.1) is 13.1 Å². The molecule has 6 nitrogen and oxygen atoms in total. The van der Waals surface area contributed by atoms with Crippen molar-refractivity contribution in [2.24, 2.45) is 0 Å². The van der Waals surface area contributed by atoms with Crippen LogP contribution in [0, 0.1) is 0 Å². The minimum atomic E-state index is -0.392. The van der Waals surface area contributed by atoms with E-state index in [1.54, 1.807) is 24.3 Å². The average Bonchev–Trinajstić information content (AvgIpc) is 2.99. The topological polar surface area (TPSA) is 78.5 Å². The van der Waals surface area contributed by atoms with Crippen molar-refractivity contribution in [3.05, 3.63) is 77.4 Å². The summed E-state index contributed by atoms with van der Waals surface area (Å²) in [4.78, 5) is 36.8. The van der Waals surface area contributed by atoms with Crippen molar-refractivity contribution in [3.8, 4) is 0 Å². The van der Waals surface area contributed by atoms with E-state index in [1.165, 1.54) is 5.56 Å². The van der Waals surface area contributed by atoms with E-state index < -0.39 is 6.03 Å². The molecule has 0 unspecified atom stereocenters. The van der Waals surface area contributed by atoms with Crippen LogP contribution < -0.4 is 10.6 Å². The fourth-order valence-electron chi connectivity index (χ4n) is 3.01. The van der Waals surface area contributed by atoms with Crippen LogP contribution in [-0.4, -0.2) is 29.3 Å². The zero-order valence-corrected chi connectivity index (χ0v) is 15.8. The summed E-state index contributed by atoms with van der Waals surface area (Å²) < 4.78 is 0. The first-order valence-electron chi connectivity index (χ1n) is 9.20. The van der Waals surface area contributed by atoms with Crippen LogP contribution in [0.25, 0.3) is 0 Å². The van der Waals surface area contributed by atoms with Crippen LogP contribution >= 0.6 is 0 Å². The van der Waals surface area contributed by atoms with E-state index in [0.29, 0.717) is 5.69 Å². The lowest BCUT2D eigenvalue weighted by molar-refractivity contribution is -0.125. The highest BCUT2D eigenvalue weighted by molar-refractivity contribution is 6.02. The molecule has 1 fully saturated rings. The summed E-state index contributed by atoms with van der Waals surface area (Å²) in [5.41, 5.74) is 3.63. The number of anilines is 1. The highest BCUT2D eigenvalue weighted by atomic mass is 16.2. The normalized spacial score (nSPS) is 14.2. The molecule has 1 saturated heterocycles. The second-order valence-electron chi connectivity index (χ2n) is 6.80. The molecule has 28 heavy (non-hydrogen) atoms. The molecule has 2 N–H and O–H groups in total. The number of nitrogens with zero attached hydrogens (tertiary/aromatic N) is 1. The molecule has 2 aromatic carbocycles. The quantitative estimate of drug-likeness (QED) is 0.574. The van der Waals surface area contributed by atoms with E-state index in [4.69, 9.17) is 0 Å². The molecule has 1 aliphatic heterocycles. The lowest BCUT2D eigenvalue weighted by Gasteiger charge is -2.13. The van der Waals surface area contributed by atoms with Crippen molar-refractivity contribution in [2.75, 3.05) is 11.9 Å². The van der Waals surface area contributed by atoms with Gasteiger partial charge in [-0.25, -0.2) is 4.79 Å². The van der Waals surface area contributed by atoms with Gasteiger partial charge in [0, 0.05) is 11.8 Å². The Hall–Kier alpha value is -3.41. The number of nitrogens with one attached hydrogen (secondary N) is 2. The molecule has 6 heteroatoms. The molecule has 0 atom stereocenters. The largest absolute Gasteiger partial charge is 0.329 e. The van der Waals surface area contributed by atoms with E-state index in [-0.39, 0.29) is 24.9 Å². The van der Waals surface area contributed by atoms with E-state index in [9.17, 15) is 14.4 Å². The number of hydrogen-bond donors (Lipinski definition) is 2. The molecule has 1 aliphatic rings. The molecule has 4 amide bonds. The maximum Gasteiger partial charge on any atom is 0.324 e. The second kappa shape index (κ2) is 8.99. The third kappa shape index (κ3) is 5.30. The van der Waals surface area contributed by atoms with Gasteiger partial charge in [-0.2, -0.15) is 0 Å². The average molecular weight is 377 g/mol. The van der Waals surface area contributed by atoms with E-state index in [2.05, 4.69) is 22.8 Å². The van der Waals surface area contributed by atoms with Crippen molar-refractivity contribution in [2.45, 2.75) is 26.3 Å². The standard InChI is InChI=1S/C22H23N3O3/c1-16(10-11-17-6-3-2-4-7-17)12-20(26)24-19-9-5-8-18(13-19)15-25-21(27)14-23-22(25)28/h2-9,12-13H,10-11,14-15H2,1H3,(H,23,28)(H,24,26)/b16-12-. The maximum absolute atomic E-state index is 12.3. The molecule has 2 aromatic rings. The van der Waals surface area contributed by atoms with Crippen molar-refractivity contribution >= 4 is 23.5 Å². The van der Waals surface area contributed by atoms with Gasteiger partial charge in [-0.05, 0) is 43.0 Å². The number of hydrogen-bond acceptors (Lipinski definition) is 3. The Morgan fingerprint density at radius 1 is 1.11 bits per heavy atom. The third-order valence-corrected chi connectivity index (χ3v) is 4.50. The van der Waals surface area contributed by atoms with Gasteiger partial charge in [-0.3, -0.25) is 14.5 Å². The van der Waals surface area contributed by atoms with E-state index in [0.717, 1.165) is 28.9 Å². The van der Waals surface area contributed by atoms with Gasteiger partial charge >= 0.3 is 6.03 Å². The number of aryl methyl sites for hydroxylation is 1. The molecule has 3 rings (SSSR count). The minimum absolute atomic E-state index is 0.0301. The van der Waals surface area contributed by atoms with Crippen LogP contribution in [0.1, 0.15) is 24.5 Å². The molecule has 0 aromatic heterocycles. The summed E-state index contributed by atoms with van der Waals surface area (Å²) in [6.07, 6.45) is 3.30. The first-order valence-corrected chi connectivity index (χ1v) is 9.20. The third-order valence-electron chi connectivity index (χ3n) is 4.50. The second-order valence-corrected chi connectivity index (χ2v) is 6.80. The summed E-state index contributed by atoms with van der Waals surface area (Å²) in [7, 11) is 0. The molecule has 144 valence electrons. The Balaban J connectivity index is 1.56. The SMILES string of the molecule is C/C(=C/C(=O)Nc1cccc(CN2C(=O)CNC2=O)c1)CCc1ccccc1. The van der Waals surface area contributed by atoms with Gasteiger partial charge in [-0.15, -0.1) is 0 Å². The highest BCUT2D eigenvalue weighted by Crippen LogP contribution is 2.15. The van der Waals surface area contributed by atoms with Crippen molar-refractivity contribution in [1.82, 2.24) is 10.2 Å². The Kier molecular flexibility index (Phi) is 6.22. The van der Waals surface area contributed by atoms with Crippen LogP contribution in [0.4, 0.5) is 10.5 Å². The molecular formula is C22H23N3O3. The summed E-state index contributed by atoms with van der Waals surface area (Å²) >= 11 is 0. The first-order chi connectivity index (χ1) is 13.5. The predicted molar refractivity (Wildman–Crippen MR) is 108 cm³/mol. The van der Waals surface area contributed by atoms with Crippen LogP contribution in [0.15, 0.2) is 66.2 Å². The Morgan fingerprint density at radius 2 is 1.86 bits per heavy atom. The van der Waals surface area contributed by atoms with Gasteiger partial charge in [0.25, 0.3) is 0 Å². The van der Waals surface area contributed by atoms with Gasteiger partial charge in [-0.1, -0.05) is 48.0 Å². The zero-order valence-electron chi connectivity index (χ0n) is 15.8. The smallest absolute Gasteiger partial charge is 0.324 e. The van der Waals surface area contributed by atoms with Gasteiger partial charge < -0.3 is 10.6 Å². The van der Waals surface area contributed by atoms with Crippen molar-refractivity contribution in [3.63, 3.8) is 0 Å². The molecule has 0 spiro atoms. The van der Waals surface area contributed by atoms with Gasteiger partial charge in [0.2, 0.25) is 11.8 Å². The van der Waals surface area contributed by atoms with Crippen LogP contribution in [-0.2, 0) is 22.6 Å². The number of imide groups is 1. The number of urea groups is 1. The summed E-state index contributed by atoms with van der Waals surface area (Å²) in [6.45, 7) is 2.15. The summed E-state index contributed by atoms with van der Waals surface area (Å²) in [5, 5.41) is 5.33. The first kappa shape index (κ1) is 19.4. The van der Waals surface area contributed by atoms with Crippen molar-refractivity contribution in [1.29, 1.82) is 0 Å². The number of carbonyl (C=O) groups excluding carboxylic acids is 3. The Labute approximate surface area is 164 Å². The Bertz CT molecular complexity index is 890. The molecule has 0 radical (unpaired) electrons. The highest BCUT2D eigenvalue weighted by Gasteiger charge is 2.28. The summed E-state index contributed by atoms with van der Waals surface area (Å²) in [5.74, 6) is -0.450. The number of benzene rings is 2. The lowest BCUT2D eigenvalue weighted by Crippen LogP contribution is -2.30. The fourth-order valence-corrected chi connectivity index (χ4v) is 3.01. The van der Waals surface area contributed by atoms with Crippen LogP contribution in [0.3, 0.4) is 0 Å². The van der Waals surface area contributed by atoms with Crippen LogP contribution in [0.5, 0.6) is 0 Å². The monoisotopic (exact) mass is 377 g/mol. The van der Waals surface area contributed by atoms with Gasteiger partial charge in [0.1, 0.15) is 0 Å². The van der Waals surface area contributed by atoms with Crippen molar-refractivity contribution < 1.29 is 14.4 Å². The molecule has 1 heterocycles. The predicted octanol–water partition coefficient (Wildman–Crippen LogP) is 3.26. The van der Waals surface area contributed by atoms with Crippen LogP contribution in [0.2, 0.25) is 0 Å².